The monoisotopic (exact) mass is 426 g/mol. The molecule has 0 amide bonds. The summed E-state index contributed by atoms with van der Waals surface area (Å²) < 4.78 is 0. The number of pyridine rings is 1. The normalized spacial score (nSPS) is 14.1. The van der Waals surface area contributed by atoms with Crippen molar-refractivity contribution in [3.8, 4) is 28.1 Å². The van der Waals surface area contributed by atoms with Crippen LogP contribution in [0.1, 0.15) is 18.2 Å². The highest BCUT2D eigenvalue weighted by atomic mass is 16.3. The molecular weight excluding hydrogens is 400 g/mol. The molecule has 4 aromatic rings. The number of nitrogens with zero attached hydrogens (tertiary/aromatic N) is 3. The van der Waals surface area contributed by atoms with Gasteiger partial charge >= 0.3 is 0 Å². The number of benzene rings is 2. The Hall–Kier alpha value is -3.71. The first-order valence-electron chi connectivity index (χ1n) is 10.8. The number of fused-ring (bicyclic) bond motifs is 1. The Kier molecular flexibility index (Phi) is 5.11. The van der Waals surface area contributed by atoms with Gasteiger partial charge in [-0.25, -0.2) is 4.98 Å². The summed E-state index contributed by atoms with van der Waals surface area (Å²) in [5.41, 5.74) is 7.52. The molecule has 32 heavy (non-hydrogen) atoms. The average Bonchev–Trinajstić information content (AvgIpc) is 3.19. The van der Waals surface area contributed by atoms with Crippen molar-refractivity contribution in [3.63, 3.8) is 0 Å². The van der Waals surface area contributed by atoms with Crippen LogP contribution in [-0.2, 0) is 0 Å². The molecule has 0 bridgehead atoms. The maximum atomic E-state index is 9.78. The average molecular weight is 427 g/mol. The largest absolute Gasteiger partial charge is 0.508 e. The van der Waals surface area contributed by atoms with Crippen molar-refractivity contribution in [2.45, 2.75) is 13.8 Å². The summed E-state index contributed by atoms with van der Waals surface area (Å²) in [5.74, 6) is 0.197. The minimum atomic E-state index is 0.197. The van der Waals surface area contributed by atoms with E-state index in [0.717, 1.165) is 65.2 Å². The Bertz CT molecular complexity index is 1300. The second-order valence-electron chi connectivity index (χ2n) is 8.18. The van der Waals surface area contributed by atoms with Crippen LogP contribution in [0.5, 0.6) is 5.75 Å². The molecule has 2 aromatic heterocycles. The summed E-state index contributed by atoms with van der Waals surface area (Å²) in [7, 11) is 0. The molecule has 2 aromatic carbocycles. The number of aromatic hydroxyl groups is 1. The van der Waals surface area contributed by atoms with Crippen LogP contribution in [0.2, 0.25) is 0 Å². The summed E-state index contributed by atoms with van der Waals surface area (Å²) in [4.78, 5) is 7.26. The molecule has 5 rings (SSSR count). The van der Waals surface area contributed by atoms with E-state index in [1.54, 1.807) is 19.1 Å². The highest BCUT2D eigenvalue weighted by Gasteiger charge is 2.25. The molecule has 7 nitrogen and oxygen atoms in total. The number of H-pyrrole nitrogens is 1. The second-order valence-corrected chi connectivity index (χ2v) is 8.18. The predicted molar refractivity (Wildman–Crippen MR) is 129 cm³/mol. The zero-order valence-corrected chi connectivity index (χ0v) is 18.2. The fourth-order valence-corrected chi connectivity index (χ4v) is 4.53. The van der Waals surface area contributed by atoms with E-state index in [4.69, 9.17) is 10.4 Å². The molecule has 0 radical (unpaired) electrons. The van der Waals surface area contributed by atoms with E-state index in [9.17, 15) is 5.11 Å². The lowest BCUT2D eigenvalue weighted by molar-refractivity contribution is 0.475. The van der Waals surface area contributed by atoms with Crippen LogP contribution in [0, 0.1) is 12.3 Å². The van der Waals surface area contributed by atoms with Gasteiger partial charge in [0, 0.05) is 65.5 Å². The van der Waals surface area contributed by atoms with Gasteiger partial charge in [0.1, 0.15) is 5.75 Å². The van der Waals surface area contributed by atoms with Gasteiger partial charge in [0.15, 0.2) is 5.65 Å². The van der Waals surface area contributed by atoms with E-state index in [2.05, 4.69) is 38.6 Å². The van der Waals surface area contributed by atoms with Crippen LogP contribution in [0.3, 0.4) is 0 Å². The molecule has 0 aliphatic carbocycles. The third-order valence-corrected chi connectivity index (χ3v) is 6.03. The quantitative estimate of drug-likeness (QED) is 0.368. The minimum absolute atomic E-state index is 0.197. The van der Waals surface area contributed by atoms with Gasteiger partial charge in [0.25, 0.3) is 0 Å². The smallest absolute Gasteiger partial charge is 0.182 e. The molecule has 4 N–H and O–H groups in total. The van der Waals surface area contributed by atoms with Crippen molar-refractivity contribution in [1.82, 2.24) is 20.5 Å². The van der Waals surface area contributed by atoms with Crippen LogP contribution in [0.15, 0.2) is 48.5 Å². The fourth-order valence-electron chi connectivity index (χ4n) is 4.53. The number of piperazine rings is 1. The van der Waals surface area contributed by atoms with Crippen LogP contribution in [-0.4, -0.2) is 52.2 Å². The number of hydrogen-bond donors (Lipinski definition) is 4. The Labute approximate surface area is 186 Å². The van der Waals surface area contributed by atoms with Crippen LogP contribution in [0.25, 0.3) is 33.4 Å². The first-order valence-corrected chi connectivity index (χ1v) is 10.8. The number of aromatic amines is 1. The molecule has 0 saturated carbocycles. The number of aromatic nitrogens is 3. The van der Waals surface area contributed by atoms with E-state index in [1.807, 2.05) is 25.1 Å². The predicted octanol–water partition coefficient (Wildman–Crippen LogP) is 4.10. The van der Waals surface area contributed by atoms with Gasteiger partial charge in [-0.1, -0.05) is 18.2 Å². The van der Waals surface area contributed by atoms with E-state index >= 15 is 0 Å². The van der Waals surface area contributed by atoms with Crippen molar-refractivity contribution in [2.75, 3.05) is 31.1 Å². The summed E-state index contributed by atoms with van der Waals surface area (Å²) in [6.07, 6.45) is 0. The lowest BCUT2D eigenvalue weighted by Gasteiger charge is -2.31. The maximum absolute atomic E-state index is 9.78. The van der Waals surface area contributed by atoms with E-state index in [1.165, 1.54) is 0 Å². The van der Waals surface area contributed by atoms with Crippen LogP contribution >= 0.6 is 0 Å². The van der Waals surface area contributed by atoms with Crippen molar-refractivity contribution in [2.24, 2.45) is 0 Å². The van der Waals surface area contributed by atoms with Gasteiger partial charge in [-0.3, -0.25) is 5.10 Å². The van der Waals surface area contributed by atoms with E-state index in [-0.39, 0.29) is 5.75 Å². The Morgan fingerprint density at radius 2 is 1.78 bits per heavy atom. The lowest BCUT2D eigenvalue weighted by Crippen LogP contribution is -2.43. The SMILES string of the molecule is CC(=N)c1c(-c2ccc(O)cc2)nc2n[nH]c(C)c2c1-c1ccccc1N1CCNCC1. The van der Waals surface area contributed by atoms with Crippen LogP contribution in [0.4, 0.5) is 5.69 Å². The molecule has 1 saturated heterocycles. The number of aryl methyl sites for hydroxylation is 1. The molecule has 1 aliphatic heterocycles. The number of nitrogens with one attached hydrogen (secondary N) is 3. The summed E-state index contributed by atoms with van der Waals surface area (Å²) in [6, 6.07) is 15.4. The second kappa shape index (κ2) is 8.09. The third kappa shape index (κ3) is 3.40. The molecule has 7 heteroatoms. The highest BCUT2D eigenvalue weighted by Crippen LogP contribution is 2.42. The van der Waals surface area contributed by atoms with E-state index in [0.29, 0.717) is 17.1 Å². The molecular formula is C25H26N6O. The standard InChI is InChI=1S/C25H26N6O/c1-15(26)21-23(19-5-3-4-6-20(19)31-13-11-27-12-14-31)22-16(2)29-30-25(22)28-24(21)17-7-9-18(32)10-8-17/h3-10,26-27,32H,11-14H2,1-2H3,(H,28,29,30). The molecule has 1 fully saturated rings. The van der Waals surface area contributed by atoms with Gasteiger partial charge in [-0.15, -0.1) is 0 Å². The lowest BCUT2D eigenvalue weighted by atomic mass is 9.89. The Morgan fingerprint density at radius 3 is 2.50 bits per heavy atom. The number of para-hydroxylation sites is 1. The maximum Gasteiger partial charge on any atom is 0.182 e. The molecule has 0 spiro atoms. The first kappa shape index (κ1) is 20.2. The van der Waals surface area contributed by atoms with Crippen LogP contribution < -0.4 is 10.2 Å². The molecule has 0 unspecified atom stereocenters. The zero-order valence-electron chi connectivity index (χ0n) is 18.2. The Balaban J connectivity index is 1.85. The van der Waals surface area contributed by atoms with Crippen molar-refractivity contribution in [1.29, 1.82) is 5.41 Å². The fraction of sp³-hybridized carbons (Fsp3) is 0.240. The minimum Gasteiger partial charge on any atom is -0.508 e. The van der Waals surface area contributed by atoms with Gasteiger partial charge in [0.05, 0.1) is 11.1 Å². The van der Waals surface area contributed by atoms with Gasteiger partial charge in [-0.05, 0) is 44.2 Å². The summed E-state index contributed by atoms with van der Waals surface area (Å²) in [6.45, 7) is 7.55. The first-order chi connectivity index (χ1) is 15.5. The number of anilines is 1. The topological polar surface area (TPSA) is 101 Å². The summed E-state index contributed by atoms with van der Waals surface area (Å²) >= 11 is 0. The van der Waals surface area contributed by atoms with Gasteiger partial charge in [0.2, 0.25) is 0 Å². The number of phenols is 1. The third-order valence-electron chi connectivity index (χ3n) is 6.03. The van der Waals surface area contributed by atoms with Gasteiger partial charge in [-0.2, -0.15) is 5.10 Å². The van der Waals surface area contributed by atoms with Crippen molar-refractivity contribution >= 4 is 22.4 Å². The van der Waals surface area contributed by atoms with Crippen molar-refractivity contribution < 1.29 is 5.11 Å². The summed E-state index contributed by atoms with van der Waals surface area (Å²) in [5, 5.41) is 30.4. The number of rotatable bonds is 4. The molecule has 0 atom stereocenters. The molecule has 3 heterocycles. The highest BCUT2D eigenvalue weighted by molar-refractivity contribution is 6.15. The Morgan fingerprint density at radius 1 is 1.06 bits per heavy atom. The molecule has 1 aliphatic rings. The van der Waals surface area contributed by atoms with Gasteiger partial charge < -0.3 is 20.7 Å². The number of hydrogen-bond acceptors (Lipinski definition) is 6. The van der Waals surface area contributed by atoms with Crippen molar-refractivity contribution in [3.05, 3.63) is 59.8 Å². The van der Waals surface area contributed by atoms with E-state index < -0.39 is 0 Å². The number of phenolic OH excluding ortho intramolecular Hbond substituents is 1. The zero-order chi connectivity index (χ0) is 22.2. The molecule has 162 valence electrons.